The third-order valence-corrected chi connectivity index (χ3v) is 3.04. The van der Waals surface area contributed by atoms with Gasteiger partial charge >= 0.3 is 6.03 Å². The lowest BCUT2D eigenvalue weighted by atomic mass is 10.2. The van der Waals surface area contributed by atoms with Gasteiger partial charge < -0.3 is 19.2 Å². The van der Waals surface area contributed by atoms with E-state index in [4.69, 9.17) is 13.9 Å². The highest BCUT2D eigenvalue weighted by atomic mass is 16.5. The molecule has 0 aliphatic carbocycles. The van der Waals surface area contributed by atoms with Gasteiger partial charge in [0.25, 0.3) is 5.91 Å². The van der Waals surface area contributed by atoms with Crippen molar-refractivity contribution in [3.63, 3.8) is 0 Å². The van der Waals surface area contributed by atoms with Crippen LogP contribution in [0.1, 0.15) is 13.3 Å². The maximum Gasteiger partial charge on any atom is 0.321 e. The predicted molar refractivity (Wildman–Crippen MR) is 87.9 cm³/mol. The molecule has 134 valence electrons. The molecular formula is C16H20N4O5. The molecule has 3 amide bonds. The minimum Gasteiger partial charge on any atom is -0.484 e. The average Bonchev–Trinajstić information content (AvgIpc) is 3.15. The Hall–Kier alpha value is -2.94. The lowest BCUT2D eigenvalue weighted by Crippen LogP contribution is -2.42. The Morgan fingerprint density at radius 3 is 2.72 bits per heavy atom. The van der Waals surface area contributed by atoms with E-state index in [0.717, 1.165) is 5.56 Å². The van der Waals surface area contributed by atoms with E-state index in [2.05, 4.69) is 20.8 Å². The quantitative estimate of drug-likeness (QED) is 0.657. The van der Waals surface area contributed by atoms with Crippen LogP contribution >= 0.6 is 0 Å². The summed E-state index contributed by atoms with van der Waals surface area (Å²) < 4.78 is 15.5. The van der Waals surface area contributed by atoms with Crippen LogP contribution in [0.5, 0.6) is 5.75 Å². The molecule has 0 aliphatic rings. The molecule has 2 N–H and O–H groups in total. The summed E-state index contributed by atoms with van der Waals surface area (Å²) in [7, 11) is 0. The minimum atomic E-state index is -0.558. The van der Waals surface area contributed by atoms with Crippen molar-refractivity contribution >= 4 is 11.9 Å². The summed E-state index contributed by atoms with van der Waals surface area (Å²) in [5.41, 5.74) is 0.737. The lowest BCUT2D eigenvalue weighted by Gasteiger charge is -2.08. The number of hydrogen-bond acceptors (Lipinski definition) is 7. The van der Waals surface area contributed by atoms with Crippen LogP contribution in [0.15, 0.2) is 35.1 Å². The molecule has 1 heterocycles. The number of ether oxygens (including phenoxy) is 2. The van der Waals surface area contributed by atoms with Crippen molar-refractivity contribution < 1.29 is 23.5 Å². The average molecular weight is 348 g/mol. The number of carbonyl (C=O) groups is 2. The van der Waals surface area contributed by atoms with Crippen LogP contribution in [0, 0.1) is 0 Å². The zero-order valence-corrected chi connectivity index (χ0v) is 13.9. The van der Waals surface area contributed by atoms with Gasteiger partial charge in [0, 0.05) is 25.3 Å². The Kier molecular flexibility index (Phi) is 7.39. The van der Waals surface area contributed by atoms with Crippen LogP contribution in [0.3, 0.4) is 0 Å². The number of nitrogens with zero attached hydrogens (tertiary/aromatic N) is 2. The molecular weight excluding hydrogens is 328 g/mol. The van der Waals surface area contributed by atoms with Crippen molar-refractivity contribution in [1.82, 2.24) is 20.8 Å². The molecule has 0 saturated heterocycles. The maximum atomic E-state index is 11.7. The monoisotopic (exact) mass is 348 g/mol. The second-order valence-corrected chi connectivity index (χ2v) is 4.91. The summed E-state index contributed by atoms with van der Waals surface area (Å²) >= 11 is 0. The zero-order valence-electron chi connectivity index (χ0n) is 13.9. The Morgan fingerprint density at radius 1 is 1.24 bits per heavy atom. The molecule has 0 atom stereocenters. The standard InChI is InChI=1S/C16H20N4O5/c1-2-23-9-3-8-17-16(22)19-14(21)10-24-13-6-4-12(5-7-13)15-20-18-11-25-15/h4-7,11H,2-3,8-10H2,1H3,(H2,17,19,21,22). The zero-order chi connectivity index (χ0) is 17.9. The number of nitrogens with one attached hydrogen (secondary N) is 2. The predicted octanol–water partition coefficient (Wildman–Crippen LogP) is 1.37. The van der Waals surface area contributed by atoms with E-state index in [-0.39, 0.29) is 6.61 Å². The Balaban J connectivity index is 1.66. The number of urea groups is 1. The van der Waals surface area contributed by atoms with Gasteiger partial charge in [-0.15, -0.1) is 10.2 Å². The van der Waals surface area contributed by atoms with Crippen molar-refractivity contribution in [2.75, 3.05) is 26.4 Å². The smallest absolute Gasteiger partial charge is 0.321 e. The van der Waals surface area contributed by atoms with E-state index in [0.29, 0.717) is 37.8 Å². The Morgan fingerprint density at radius 2 is 2.04 bits per heavy atom. The van der Waals surface area contributed by atoms with Crippen molar-refractivity contribution in [2.45, 2.75) is 13.3 Å². The van der Waals surface area contributed by atoms with Gasteiger partial charge in [0.05, 0.1) is 0 Å². The van der Waals surface area contributed by atoms with Crippen molar-refractivity contribution in [3.05, 3.63) is 30.7 Å². The highest BCUT2D eigenvalue weighted by molar-refractivity contribution is 5.94. The molecule has 0 fully saturated rings. The number of hydrogen-bond donors (Lipinski definition) is 2. The van der Waals surface area contributed by atoms with E-state index in [1.165, 1.54) is 6.39 Å². The van der Waals surface area contributed by atoms with Crippen LogP contribution in [0.25, 0.3) is 11.5 Å². The highest BCUT2D eigenvalue weighted by Gasteiger charge is 2.08. The minimum absolute atomic E-state index is 0.272. The summed E-state index contributed by atoms with van der Waals surface area (Å²) in [5.74, 6) is 0.337. The summed E-state index contributed by atoms with van der Waals surface area (Å²) in [4.78, 5) is 23.2. The first kappa shape index (κ1) is 18.4. The van der Waals surface area contributed by atoms with Gasteiger partial charge in [-0.1, -0.05) is 0 Å². The molecule has 1 aromatic heterocycles. The molecule has 0 saturated carbocycles. The first-order chi connectivity index (χ1) is 12.2. The van der Waals surface area contributed by atoms with E-state index in [9.17, 15) is 9.59 Å². The summed E-state index contributed by atoms with van der Waals surface area (Å²) in [6, 6.07) is 6.23. The molecule has 2 rings (SSSR count). The van der Waals surface area contributed by atoms with Crippen LogP contribution < -0.4 is 15.4 Å². The second-order valence-electron chi connectivity index (χ2n) is 4.91. The Labute approximate surface area is 144 Å². The summed E-state index contributed by atoms with van der Waals surface area (Å²) in [5, 5.41) is 12.1. The number of aromatic nitrogens is 2. The van der Waals surface area contributed by atoms with Gasteiger partial charge in [0.15, 0.2) is 6.61 Å². The molecule has 1 aromatic carbocycles. The molecule has 0 spiro atoms. The van der Waals surface area contributed by atoms with E-state index >= 15 is 0 Å². The summed E-state index contributed by atoms with van der Waals surface area (Å²) in [6.45, 7) is 3.26. The van der Waals surface area contributed by atoms with Crippen molar-refractivity contribution in [3.8, 4) is 17.2 Å². The fourth-order valence-corrected chi connectivity index (χ4v) is 1.87. The van der Waals surface area contributed by atoms with Gasteiger partial charge in [-0.2, -0.15) is 0 Å². The van der Waals surface area contributed by atoms with Gasteiger partial charge in [-0.3, -0.25) is 10.1 Å². The fourth-order valence-electron chi connectivity index (χ4n) is 1.87. The number of carbonyl (C=O) groups excluding carboxylic acids is 2. The molecule has 0 aliphatic heterocycles. The first-order valence-corrected chi connectivity index (χ1v) is 7.84. The molecule has 0 radical (unpaired) electrons. The topological polar surface area (TPSA) is 116 Å². The number of amides is 3. The van der Waals surface area contributed by atoms with Gasteiger partial charge in [-0.05, 0) is 37.6 Å². The van der Waals surface area contributed by atoms with Crippen molar-refractivity contribution in [1.29, 1.82) is 0 Å². The molecule has 0 bridgehead atoms. The van der Waals surface area contributed by atoms with Gasteiger partial charge in [-0.25, -0.2) is 4.79 Å². The highest BCUT2D eigenvalue weighted by Crippen LogP contribution is 2.19. The molecule has 0 unspecified atom stereocenters. The number of benzene rings is 1. The number of imide groups is 1. The SMILES string of the molecule is CCOCCCNC(=O)NC(=O)COc1ccc(-c2nnco2)cc1. The van der Waals surface area contributed by atoms with Crippen LogP contribution in [-0.4, -0.2) is 48.5 Å². The lowest BCUT2D eigenvalue weighted by molar-refractivity contribution is -0.122. The third kappa shape index (κ3) is 6.60. The van der Waals surface area contributed by atoms with E-state index < -0.39 is 11.9 Å². The fraction of sp³-hybridized carbons (Fsp3) is 0.375. The van der Waals surface area contributed by atoms with E-state index in [1.54, 1.807) is 24.3 Å². The van der Waals surface area contributed by atoms with Crippen LogP contribution in [0.2, 0.25) is 0 Å². The normalized spacial score (nSPS) is 10.3. The van der Waals surface area contributed by atoms with E-state index in [1.807, 2.05) is 6.92 Å². The van der Waals surface area contributed by atoms with Gasteiger partial charge in [0.1, 0.15) is 5.75 Å². The van der Waals surface area contributed by atoms with Crippen LogP contribution in [0.4, 0.5) is 4.79 Å². The molecule has 25 heavy (non-hydrogen) atoms. The third-order valence-electron chi connectivity index (χ3n) is 3.04. The summed E-state index contributed by atoms with van der Waals surface area (Å²) in [6.07, 6.45) is 1.92. The van der Waals surface area contributed by atoms with Gasteiger partial charge in [0.2, 0.25) is 12.3 Å². The Bertz CT molecular complexity index is 658. The molecule has 2 aromatic rings. The molecule has 9 heteroatoms. The maximum absolute atomic E-state index is 11.7. The second kappa shape index (κ2) is 10.0. The number of rotatable bonds is 9. The largest absolute Gasteiger partial charge is 0.484 e. The molecule has 9 nitrogen and oxygen atoms in total. The first-order valence-electron chi connectivity index (χ1n) is 7.84. The van der Waals surface area contributed by atoms with Crippen molar-refractivity contribution in [2.24, 2.45) is 0 Å². The van der Waals surface area contributed by atoms with Crippen LogP contribution in [-0.2, 0) is 9.53 Å².